The van der Waals surface area contributed by atoms with Crippen molar-refractivity contribution in [1.82, 2.24) is 0 Å². The first-order valence-electron chi connectivity index (χ1n) is 15.2. The monoisotopic (exact) mass is 558 g/mol. The van der Waals surface area contributed by atoms with E-state index in [1.165, 1.54) is 5.57 Å². The predicted molar refractivity (Wildman–Crippen MR) is 154 cm³/mol. The zero-order valence-electron chi connectivity index (χ0n) is 25.2. The van der Waals surface area contributed by atoms with Gasteiger partial charge in [-0.3, -0.25) is 4.79 Å². The van der Waals surface area contributed by atoms with E-state index in [-0.39, 0.29) is 37.3 Å². The van der Waals surface area contributed by atoms with Crippen LogP contribution in [-0.4, -0.2) is 65.7 Å². The Balaban J connectivity index is 1.73. The summed E-state index contributed by atoms with van der Waals surface area (Å²) in [4.78, 5) is 13.9. The molecule has 3 heterocycles. The third kappa shape index (κ3) is 6.81. The number of aliphatic hydroxyl groups excluding tert-OH is 1. The number of hydrogen-bond acceptors (Lipinski definition) is 7. The van der Waals surface area contributed by atoms with Crippen molar-refractivity contribution in [1.29, 1.82) is 0 Å². The Kier molecular flexibility index (Phi) is 10.2. The van der Waals surface area contributed by atoms with Crippen molar-refractivity contribution in [2.75, 3.05) is 13.7 Å². The summed E-state index contributed by atoms with van der Waals surface area (Å²) < 4.78 is 25.2. The molecule has 1 spiro atoms. The molecule has 4 aliphatic rings. The maximum absolute atomic E-state index is 13.9. The first-order chi connectivity index (χ1) is 19.0. The number of rotatable bonds is 3. The van der Waals surface area contributed by atoms with Crippen LogP contribution in [0.5, 0.6) is 0 Å². The molecule has 0 saturated carbocycles. The average Bonchev–Trinajstić information content (AvgIpc) is 2.91. The SMILES string of the molecule is CCC1OC2(CCC1C)CC1CC(C/C=C(/C)CC(C)/C=C/C=C(/CO)C3(O)CC(OC)C(C)=CC3C(=O)O1)O2. The van der Waals surface area contributed by atoms with E-state index in [1.54, 1.807) is 19.3 Å². The summed E-state index contributed by atoms with van der Waals surface area (Å²) in [6, 6.07) is 0. The minimum absolute atomic E-state index is 0.101. The number of carbonyl (C=O) groups is 1. The minimum Gasteiger partial charge on any atom is -0.462 e. The highest BCUT2D eigenvalue weighted by molar-refractivity contribution is 5.78. The van der Waals surface area contributed by atoms with Crippen LogP contribution >= 0.6 is 0 Å². The van der Waals surface area contributed by atoms with Gasteiger partial charge in [0, 0.05) is 32.8 Å². The Bertz CT molecular complexity index is 1030. The summed E-state index contributed by atoms with van der Waals surface area (Å²) in [7, 11) is 1.59. The molecule has 7 heteroatoms. The van der Waals surface area contributed by atoms with Crippen molar-refractivity contribution in [2.24, 2.45) is 17.8 Å². The van der Waals surface area contributed by atoms with Crippen LogP contribution in [0, 0.1) is 17.8 Å². The van der Waals surface area contributed by atoms with Crippen molar-refractivity contribution < 1.29 is 34.0 Å². The fourth-order valence-electron chi connectivity index (χ4n) is 7.03. The number of ether oxygens (including phenoxy) is 4. The summed E-state index contributed by atoms with van der Waals surface area (Å²) in [5.41, 5.74) is 0.868. The molecule has 40 heavy (non-hydrogen) atoms. The average molecular weight is 559 g/mol. The van der Waals surface area contributed by atoms with E-state index in [0.717, 1.165) is 37.7 Å². The smallest absolute Gasteiger partial charge is 0.316 e. The van der Waals surface area contributed by atoms with Gasteiger partial charge in [0.1, 0.15) is 17.6 Å². The summed E-state index contributed by atoms with van der Waals surface area (Å²) in [6.07, 6.45) is 14.3. The fourth-order valence-corrected chi connectivity index (χ4v) is 7.03. The second-order valence-corrected chi connectivity index (χ2v) is 12.7. The molecule has 9 unspecified atom stereocenters. The standard InChI is InChI=1S/C33H50O7/c1-7-29-23(4)13-14-32(40-29)18-27-17-26(39-32)12-11-22(3)15-21(2)9-8-10-25(20-34)33(36)19-30(37-6)24(5)16-28(33)31(35)38-27/h8-11,16,21,23,26-30,34,36H,7,12-15,17-20H2,1-6H3/b9-8+,22-11-,25-10-. The summed E-state index contributed by atoms with van der Waals surface area (Å²) in [6.45, 7) is 10.2. The molecule has 1 aliphatic carbocycles. The Morgan fingerprint density at radius 1 is 1.15 bits per heavy atom. The minimum atomic E-state index is -1.64. The van der Waals surface area contributed by atoms with E-state index < -0.39 is 29.4 Å². The fraction of sp³-hybridized carbons (Fsp3) is 0.727. The molecule has 4 rings (SSSR count). The lowest BCUT2D eigenvalue weighted by molar-refractivity contribution is -0.335. The molecule has 0 aromatic heterocycles. The topological polar surface area (TPSA) is 94.5 Å². The van der Waals surface area contributed by atoms with Crippen LogP contribution in [0.1, 0.15) is 86.0 Å². The Morgan fingerprint density at radius 2 is 1.93 bits per heavy atom. The highest BCUT2D eigenvalue weighted by Gasteiger charge is 2.51. The van der Waals surface area contributed by atoms with Crippen molar-refractivity contribution in [3.05, 3.63) is 47.1 Å². The van der Waals surface area contributed by atoms with Crippen LogP contribution in [-0.2, 0) is 23.7 Å². The predicted octanol–water partition coefficient (Wildman–Crippen LogP) is 5.56. The highest BCUT2D eigenvalue weighted by atomic mass is 16.7. The third-order valence-electron chi connectivity index (χ3n) is 9.44. The first kappa shape index (κ1) is 31.2. The second-order valence-electron chi connectivity index (χ2n) is 12.7. The van der Waals surface area contributed by atoms with E-state index in [4.69, 9.17) is 18.9 Å². The normalized spacial score (nSPS) is 44.9. The van der Waals surface area contributed by atoms with Gasteiger partial charge in [-0.15, -0.1) is 0 Å². The zero-order chi connectivity index (χ0) is 29.1. The van der Waals surface area contributed by atoms with Crippen molar-refractivity contribution in [3.63, 3.8) is 0 Å². The van der Waals surface area contributed by atoms with Gasteiger partial charge in [0.2, 0.25) is 0 Å². The van der Waals surface area contributed by atoms with Crippen LogP contribution in [0.15, 0.2) is 47.1 Å². The van der Waals surface area contributed by atoms with Gasteiger partial charge in [0.15, 0.2) is 5.79 Å². The third-order valence-corrected chi connectivity index (χ3v) is 9.44. The number of aliphatic hydroxyl groups is 2. The lowest BCUT2D eigenvalue weighted by Crippen LogP contribution is -2.55. The van der Waals surface area contributed by atoms with Gasteiger partial charge in [-0.1, -0.05) is 56.7 Å². The van der Waals surface area contributed by atoms with Crippen LogP contribution < -0.4 is 0 Å². The van der Waals surface area contributed by atoms with Crippen LogP contribution in [0.3, 0.4) is 0 Å². The van der Waals surface area contributed by atoms with Gasteiger partial charge in [-0.25, -0.2) is 0 Å². The van der Waals surface area contributed by atoms with Crippen LogP contribution in [0.2, 0.25) is 0 Å². The van der Waals surface area contributed by atoms with Gasteiger partial charge < -0.3 is 29.2 Å². The molecule has 3 aliphatic heterocycles. The Morgan fingerprint density at radius 3 is 2.62 bits per heavy atom. The van der Waals surface area contributed by atoms with E-state index in [1.807, 2.05) is 13.0 Å². The lowest BCUT2D eigenvalue weighted by Gasteiger charge is -2.50. The van der Waals surface area contributed by atoms with Crippen molar-refractivity contribution in [2.45, 2.75) is 122 Å². The second kappa shape index (κ2) is 13.0. The molecule has 2 fully saturated rings. The molecule has 2 N–H and O–H groups in total. The van der Waals surface area contributed by atoms with Gasteiger partial charge >= 0.3 is 5.97 Å². The molecule has 0 radical (unpaired) electrons. The maximum atomic E-state index is 13.9. The molecule has 2 bridgehead atoms. The molecule has 2 saturated heterocycles. The molecule has 224 valence electrons. The van der Waals surface area contributed by atoms with E-state index in [9.17, 15) is 15.0 Å². The molecule has 9 atom stereocenters. The van der Waals surface area contributed by atoms with Gasteiger partial charge in [0.25, 0.3) is 0 Å². The number of fused-ring (bicyclic) bond motifs is 3. The van der Waals surface area contributed by atoms with Crippen LogP contribution in [0.25, 0.3) is 0 Å². The van der Waals surface area contributed by atoms with Gasteiger partial charge in [-0.2, -0.15) is 0 Å². The van der Waals surface area contributed by atoms with E-state index in [2.05, 4.69) is 39.8 Å². The molecule has 0 amide bonds. The first-order valence-corrected chi connectivity index (χ1v) is 15.2. The summed E-state index contributed by atoms with van der Waals surface area (Å²) in [5, 5.41) is 22.4. The van der Waals surface area contributed by atoms with Crippen molar-refractivity contribution in [3.8, 4) is 0 Å². The lowest BCUT2D eigenvalue weighted by atomic mass is 9.71. The highest BCUT2D eigenvalue weighted by Crippen LogP contribution is 2.45. The molecule has 0 aromatic carbocycles. The molecular formula is C33H50O7. The number of allylic oxidation sites excluding steroid dienone is 4. The Labute approximate surface area is 240 Å². The van der Waals surface area contributed by atoms with Crippen molar-refractivity contribution >= 4 is 5.97 Å². The number of esters is 1. The number of methoxy groups -OCH3 is 1. The molecular weight excluding hydrogens is 508 g/mol. The maximum Gasteiger partial charge on any atom is 0.316 e. The van der Waals surface area contributed by atoms with E-state index >= 15 is 0 Å². The summed E-state index contributed by atoms with van der Waals surface area (Å²) >= 11 is 0. The largest absolute Gasteiger partial charge is 0.462 e. The molecule has 0 aromatic rings. The van der Waals surface area contributed by atoms with Gasteiger partial charge in [0.05, 0.1) is 24.9 Å². The molecule has 7 nitrogen and oxygen atoms in total. The summed E-state index contributed by atoms with van der Waals surface area (Å²) in [5.74, 6) is -1.53. The Hall–Kier alpha value is -1.77. The zero-order valence-corrected chi connectivity index (χ0v) is 25.2. The number of hydrogen-bond donors (Lipinski definition) is 2. The van der Waals surface area contributed by atoms with E-state index in [0.29, 0.717) is 24.3 Å². The number of carbonyl (C=O) groups excluding carboxylic acids is 1. The van der Waals surface area contributed by atoms with Gasteiger partial charge in [-0.05, 0) is 62.5 Å². The quantitative estimate of drug-likeness (QED) is 0.346. The van der Waals surface area contributed by atoms with Crippen LogP contribution in [0.4, 0.5) is 0 Å².